The number of hydrogen-bond donors (Lipinski definition) is 3. The van der Waals surface area contributed by atoms with Gasteiger partial charge in [0.05, 0.1) is 12.2 Å². The number of unbranched alkanes of at least 4 members (excludes halogenated alkanes) is 3. The summed E-state index contributed by atoms with van der Waals surface area (Å²) in [7, 11) is 0. The van der Waals surface area contributed by atoms with Crippen molar-refractivity contribution in [1.82, 2.24) is 16.2 Å². The van der Waals surface area contributed by atoms with E-state index in [1.165, 1.54) is 0 Å². The molecule has 0 saturated carbocycles. The monoisotopic (exact) mass is 443 g/mol. The highest BCUT2D eigenvalue weighted by Crippen LogP contribution is 2.18. The molecule has 0 aliphatic rings. The lowest BCUT2D eigenvalue weighted by Gasteiger charge is -2.14. The van der Waals surface area contributed by atoms with Crippen LogP contribution in [-0.4, -0.2) is 30.1 Å². The van der Waals surface area contributed by atoms with E-state index in [1.807, 2.05) is 31.2 Å². The molecule has 0 aliphatic carbocycles. The van der Waals surface area contributed by atoms with Crippen LogP contribution in [0, 0.1) is 6.92 Å². The van der Waals surface area contributed by atoms with Gasteiger partial charge >= 0.3 is 0 Å². The van der Waals surface area contributed by atoms with Gasteiger partial charge in [0.25, 0.3) is 11.8 Å². The van der Waals surface area contributed by atoms with Crippen LogP contribution in [0.3, 0.4) is 0 Å². The average Bonchev–Trinajstić information content (AvgIpc) is 2.77. The van der Waals surface area contributed by atoms with Crippen LogP contribution < -0.4 is 25.6 Å². The first-order chi connectivity index (χ1) is 15.0. The van der Waals surface area contributed by atoms with Crippen LogP contribution in [-0.2, 0) is 4.79 Å². The molecule has 8 heteroatoms. The number of amides is 2. The van der Waals surface area contributed by atoms with E-state index in [-0.39, 0.29) is 11.7 Å². The van der Waals surface area contributed by atoms with Gasteiger partial charge < -0.3 is 9.47 Å². The van der Waals surface area contributed by atoms with Crippen molar-refractivity contribution in [3.63, 3.8) is 0 Å². The van der Waals surface area contributed by atoms with Crippen LogP contribution in [0.2, 0.25) is 0 Å². The zero-order valence-corrected chi connectivity index (χ0v) is 18.7. The van der Waals surface area contributed by atoms with Gasteiger partial charge in [-0.15, -0.1) is 0 Å². The fraction of sp³-hybridized carbons (Fsp3) is 0.348. The van der Waals surface area contributed by atoms with Gasteiger partial charge in [-0.3, -0.25) is 25.8 Å². The molecule has 0 radical (unpaired) electrons. The predicted molar refractivity (Wildman–Crippen MR) is 124 cm³/mol. The number of ether oxygens (including phenoxy) is 2. The highest BCUT2D eigenvalue weighted by molar-refractivity contribution is 7.80. The molecule has 0 aliphatic heterocycles. The van der Waals surface area contributed by atoms with E-state index in [2.05, 4.69) is 23.1 Å². The Kier molecular flexibility index (Phi) is 10.3. The fourth-order valence-electron chi connectivity index (χ4n) is 2.72. The third kappa shape index (κ3) is 8.64. The van der Waals surface area contributed by atoms with Crippen LogP contribution in [0.15, 0.2) is 48.5 Å². The molecule has 7 nitrogen and oxygen atoms in total. The van der Waals surface area contributed by atoms with Gasteiger partial charge in [-0.25, -0.2) is 0 Å². The molecule has 2 amide bonds. The molecule has 0 bridgehead atoms. The summed E-state index contributed by atoms with van der Waals surface area (Å²) in [4.78, 5) is 24.5. The SMILES string of the molecule is CCCCCCOc1ccccc1C(=O)NC(=S)NNC(=O)COc1ccccc1C. The number of carbonyl (C=O) groups is 2. The van der Waals surface area contributed by atoms with E-state index in [0.29, 0.717) is 23.7 Å². The van der Waals surface area contributed by atoms with E-state index < -0.39 is 11.8 Å². The van der Waals surface area contributed by atoms with Crippen molar-refractivity contribution >= 4 is 29.1 Å². The third-order valence-corrected chi connectivity index (χ3v) is 4.59. The van der Waals surface area contributed by atoms with E-state index in [1.54, 1.807) is 24.3 Å². The van der Waals surface area contributed by atoms with E-state index in [0.717, 1.165) is 31.2 Å². The van der Waals surface area contributed by atoms with Gasteiger partial charge in [-0.1, -0.05) is 56.5 Å². The Morgan fingerprint density at radius 1 is 0.903 bits per heavy atom. The first kappa shape index (κ1) is 24.1. The summed E-state index contributed by atoms with van der Waals surface area (Å²) >= 11 is 5.09. The minimum atomic E-state index is -0.435. The molecule has 0 fully saturated rings. The Balaban J connectivity index is 1.77. The molecular formula is C23H29N3O4S. The molecule has 166 valence electrons. The van der Waals surface area contributed by atoms with Gasteiger partial charge in [0.2, 0.25) is 0 Å². The number of thiocarbonyl (C=S) groups is 1. The number of carbonyl (C=O) groups excluding carboxylic acids is 2. The zero-order chi connectivity index (χ0) is 22.5. The van der Waals surface area contributed by atoms with Crippen molar-refractivity contribution in [1.29, 1.82) is 0 Å². The second-order valence-electron chi connectivity index (χ2n) is 6.92. The van der Waals surface area contributed by atoms with Crippen molar-refractivity contribution < 1.29 is 19.1 Å². The second kappa shape index (κ2) is 13.2. The number of nitrogens with one attached hydrogen (secondary N) is 3. The molecule has 0 aromatic heterocycles. The van der Waals surface area contributed by atoms with Crippen molar-refractivity contribution in [2.24, 2.45) is 0 Å². The molecular weight excluding hydrogens is 414 g/mol. The minimum Gasteiger partial charge on any atom is -0.493 e. The molecule has 0 spiro atoms. The Morgan fingerprint density at radius 2 is 1.61 bits per heavy atom. The van der Waals surface area contributed by atoms with Crippen LogP contribution >= 0.6 is 12.2 Å². The lowest BCUT2D eigenvalue weighted by Crippen LogP contribution is -2.49. The van der Waals surface area contributed by atoms with Gasteiger partial charge in [0.1, 0.15) is 11.5 Å². The molecule has 0 heterocycles. The normalized spacial score (nSPS) is 10.1. The van der Waals surface area contributed by atoms with Crippen molar-refractivity contribution in [3.05, 3.63) is 59.7 Å². The number of aryl methyl sites for hydroxylation is 1. The molecule has 2 rings (SSSR count). The first-order valence-corrected chi connectivity index (χ1v) is 10.7. The minimum absolute atomic E-state index is 0.0352. The quantitative estimate of drug-likeness (QED) is 0.295. The Bertz CT molecular complexity index is 889. The predicted octanol–water partition coefficient (Wildman–Crippen LogP) is 3.67. The average molecular weight is 444 g/mol. The van der Waals surface area contributed by atoms with Gasteiger partial charge in [-0.2, -0.15) is 0 Å². The number of hydrazine groups is 1. The summed E-state index contributed by atoms with van der Waals surface area (Å²) < 4.78 is 11.2. The summed E-state index contributed by atoms with van der Waals surface area (Å²) in [6.45, 7) is 4.40. The lowest BCUT2D eigenvalue weighted by molar-refractivity contribution is -0.123. The van der Waals surface area contributed by atoms with Crippen LogP contribution in [0.1, 0.15) is 48.5 Å². The molecule has 0 saturated heterocycles. The zero-order valence-electron chi connectivity index (χ0n) is 17.9. The van der Waals surface area contributed by atoms with Gasteiger partial charge in [-0.05, 0) is 49.3 Å². The molecule has 2 aromatic rings. The van der Waals surface area contributed by atoms with Gasteiger partial charge in [0.15, 0.2) is 11.7 Å². The second-order valence-corrected chi connectivity index (χ2v) is 7.32. The summed E-state index contributed by atoms with van der Waals surface area (Å²) in [6.07, 6.45) is 4.33. The van der Waals surface area contributed by atoms with Crippen molar-refractivity contribution in [3.8, 4) is 11.5 Å². The standard InChI is InChI=1S/C23H29N3O4S/c1-3-4-5-10-15-29-20-14-9-7-12-18(20)22(28)24-23(31)26-25-21(27)16-30-19-13-8-6-11-17(19)2/h6-9,11-14H,3-5,10,15-16H2,1-2H3,(H,25,27)(H2,24,26,28,31). The summed E-state index contributed by atoms with van der Waals surface area (Å²) in [5.41, 5.74) is 6.19. The Morgan fingerprint density at radius 3 is 2.35 bits per heavy atom. The third-order valence-electron chi connectivity index (χ3n) is 4.38. The van der Waals surface area contributed by atoms with Crippen LogP contribution in [0.5, 0.6) is 11.5 Å². The van der Waals surface area contributed by atoms with Gasteiger partial charge in [0, 0.05) is 0 Å². The Hall–Kier alpha value is -3.13. The fourth-order valence-corrected chi connectivity index (χ4v) is 2.86. The van der Waals surface area contributed by atoms with Crippen molar-refractivity contribution in [2.45, 2.75) is 39.5 Å². The topological polar surface area (TPSA) is 88.7 Å². The maximum absolute atomic E-state index is 12.5. The lowest BCUT2D eigenvalue weighted by atomic mass is 10.2. The summed E-state index contributed by atoms with van der Waals surface area (Å²) in [5.74, 6) is 0.262. The Labute approximate surface area is 188 Å². The molecule has 0 unspecified atom stereocenters. The molecule has 2 aromatic carbocycles. The highest BCUT2D eigenvalue weighted by atomic mass is 32.1. The number of para-hydroxylation sites is 2. The number of hydrogen-bond acceptors (Lipinski definition) is 5. The van der Waals surface area contributed by atoms with Crippen molar-refractivity contribution in [2.75, 3.05) is 13.2 Å². The van der Waals surface area contributed by atoms with E-state index in [9.17, 15) is 9.59 Å². The summed E-state index contributed by atoms with van der Waals surface area (Å²) in [6, 6.07) is 14.4. The first-order valence-electron chi connectivity index (χ1n) is 10.3. The largest absolute Gasteiger partial charge is 0.493 e. The maximum atomic E-state index is 12.5. The van der Waals surface area contributed by atoms with Crippen LogP contribution in [0.4, 0.5) is 0 Å². The van der Waals surface area contributed by atoms with E-state index >= 15 is 0 Å². The molecule has 0 atom stereocenters. The molecule has 3 N–H and O–H groups in total. The number of rotatable bonds is 10. The maximum Gasteiger partial charge on any atom is 0.276 e. The highest BCUT2D eigenvalue weighted by Gasteiger charge is 2.14. The van der Waals surface area contributed by atoms with Crippen LogP contribution in [0.25, 0.3) is 0 Å². The van der Waals surface area contributed by atoms with E-state index in [4.69, 9.17) is 21.7 Å². The summed E-state index contributed by atoms with van der Waals surface area (Å²) in [5, 5.41) is 2.50. The smallest absolute Gasteiger partial charge is 0.276 e. The number of benzene rings is 2. The molecule has 31 heavy (non-hydrogen) atoms.